The van der Waals surface area contributed by atoms with Gasteiger partial charge in [0.25, 0.3) is 0 Å². The van der Waals surface area contributed by atoms with E-state index in [4.69, 9.17) is 0 Å². The van der Waals surface area contributed by atoms with Gasteiger partial charge in [0.1, 0.15) is 5.75 Å². The number of alkyl halides is 2. The average molecular weight is 377 g/mol. The van der Waals surface area contributed by atoms with Crippen molar-refractivity contribution in [2.75, 3.05) is 30.7 Å². The van der Waals surface area contributed by atoms with E-state index in [2.05, 4.69) is 15.4 Å². The van der Waals surface area contributed by atoms with Crippen LogP contribution in [-0.4, -0.2) is 50.8 Å². The second-order valence-corrected chi connectivity index (χ2v) is 7.75. The number of nitrogens with one attached hydrogen (secondary N) is 2. The number of anilines is 1. The molecule has 25 heavy (non-hydrogen) atoms. The number of hydrogen-bond acceptors (Lipinski definition) is 4. The summed E-state index contributed by atoms with van der Waals surface area (Å²) in [6.07, 6.45) is 1.72. The molecule has 0 spiro atoms. The summed E-state index contributed by atoms with van der Waals surface area (Å²) < 4.78 is 54.1. The molecule has 7 nitrogen and oxygen atoms in total. The first-order valence-electron chi connectivity index (χ1n) is 7.86. The maximum atomic E-state index is 12.2. The lowest BCUT2D eigenvalue weighted by molar-refractivity contribution is -0.0498. The zero-order valence-electron chi connectivity index (χ0n) is 13.8. The zero-order valence-corrected chi connectivity index (χ0v) is 14.6. The first-order valence-corrected chi connectivity index (χ1v) is 9.47. The molecule has 1 saturated heterocycles. The number of carbonyl (C=O) groups excluding carboxylic acids is 1. The fourth-order valence-electron chi connectivity index (χ4n) is 2.51. The van der Waals surface area contributed by atoms with Crippen LogP contribution in [0.4, 0.5) is 19.3 Å². The normalized spacial score (nSPS) is 15.4. The Bertz CT molecular complexity index is 707. The number of nitrogens with zero attached hydrogens (tertiary/aromatic N) is 1. The van der Waals surface area contributed by atoms with Crippen LogP contribution in [0.5, 0.6) is 5.75 Å². The van der Waals surface area contributed by atoms with Crippen molar-refractivity contribution in [3.63, 3.8) is 0 Å². The summed E-state index contributed by atoms with van der Waals surface area (Å²) in [6, 6.07) is 3.56. The molecule has 0 aromatic heterocycles. The molecule has 2 amide bonds. The van der Waals surface area contributed by atoms with Crippen LogP contribution in [-0.2, 0) is 10.0 Å². The van der Waals surface area contributed by atoms with Gasteiger partial charge < -0.3 is 15.4 Å². The highest BCUT2D eigenvalue weighted by Gasteiger charge is 2.24. The number of sulfonamides is 1. The molecule has 0 aliphatic carbocycles. The van der Waals surface area contributed by atoms with Gasteiger partial charge in [0.2, 0.25) is 10.0 Å². The third kappa shape index (κ3) is 5.82. The number of hydrogen-bond donors (Lipinski definition) is 2. The summed E-state index contributed by atoms with van der Waals surface area (Å²) in [6.45, 7) is -0.247. The van der Waals surface area contributed by atoms with Gasteiger partial charge in [-0.05, 0) is 43.5 Å². The third-order valence-electron chi connectivity index (χ3n) is 3.78. The molecule has 0 radical (unpaired) electrons. The quantitative estimate of drug-likeness (QED) is 0.762. The van der Waals surface area contributed by atoms with Gasteiger partial charge in [0.15, 0.2) is 0 Å². The molecule has 2 N–H and O–H groups in total. The maximum Gasteiger partial charge on any atom is 0.387 e. The summed E-state index contributed by atoms with van der Waals surface area (Å²) in [5, 5.41) is 5.02. The number of amides is 2. The van der Waals surface area contributed by atoms with E-state index in [0.717, 1.165) is 12.8 Å². The predicted octanol–water partition coefficient (Wildman–Crippen LogP) is 2.14. The van der Waals surface area contributed by atoms with E-state index in [0.29, 0.717) is 24.3 Å². The van der Waals surface area contributed by atoms with Gasteiger partial charge in [-0.2, -0.15) is 8.78 Å². The Morgan fingerprint density at radius 3 is 2.60 bits per heavy atom. The molecule has 0 bridgehead atoms. The second kappa shape index (κ2) is 8.43. The number of urea groups is 1. The first kappa shape index (κ1) is 19.4. The van der Waals surface area contributed by atoms with Crippen LogP contribution in [0.25, 0.3) is 0 Å². The van der Waals surface area contributed by atoms with Crippen molar-refractivity contribution >= 4 is 21.7 Å². The van der Waals surface area contributed by atoms with E-state index in [1.54, 1.807) is 6.92 Å². The smallest absolute Gasteiger partial charge is 0.387 e. The van der Waals surface area contributed by atoms with E-state index in [9.17, 15) is 22.0 Å². The Kier molecular flexibility index (Phi) is 6.54. The van der Waals surface area contributed by atoms with Crippen molar-refractivity contribution in [3.05, 3.63) is 23.8 Å². The number of ether oxygens (including phenoxy) is 1. The van der Waals surface area contributed by atoms with Crippen LogP contribution in [0.3, 0.4) is 0 Å². The molecule has 10 heteroatoms. The molecule has 0 atom stereocenters. The lowest BCUT2D eigenvalue weighted by atomic mass is 10.2. The van der Waals surface area contributed by atoms with E-state index in [1.165, 1.54) is 22.5 Å². The Morgan fingerprint density at radius 1 is 1.32 bits per heavy atom. The predicted molar refractivity (Wildman–Crippen MR) is 89.4 cm³/mol. The molecular formula is C15H21F2N3O4S. The molecule has 0 unspecified atom stereocenters. The molecule has 1 fully saturated rings. The highest BCUT2D eigenvalue weighted by molar-refractivity contribution is 7.89. The minimum atomic E-state index is -3.35. The Hall–Kier alpha value is -1.94. The van der Waals surface area contributed by atoms with Gasteiger partial charge in [-0.3, -0.25) is 0 Å². The highest BCUT2D eigenvalue weighted by atomic mass is 32.2. The summed E-state index contributed by atoms with van der Waals surface area (Å²) in [7, 11) is -3.35. The van der Waals surface area contributed by atoms with E-state index in [1.807, 2.05) is 0 Å². The topological polar surface area (TPSA) is 87.7 Å². The van der Waals surface area contributed by atoms with Crippen LogP contribution in [0.1, 0.15) is 18.4 Å². The Morgan fingerprint density at radius 2 is 2.00 bits per heavy atom. The molecule has 2 rings (SSSR count). The van der Waals surface area contributed by atoms with Crippen LogP contribution >= 0.6 is 0 Å². The summed E-state index contributed by atoms with van der Waals surface area (Å²) in [5.74, 6) is -0.171. The van der Waals surface area contributed by atoms with Gasteiger partial charge in [0.05, 0.1) is 5.75 Å². The molecule has 1 heterocycles. The molecule has 1 aromatic carbocycles. The monoisotopic (exact) mass is 377 g/mol. The van der Waals surface area contributed by atoms with E-state index >= 15 is 0 Å². The van der Waals surface area contributed by atoms with Crippen molar-refractivity contribution in [2.45, 2.75) is 26.4 Å². The van der Waals surface area contributed by atoms with Crippen molar-refractivity contribution < 1.29 is 26.7 Å². The molecular weight excluding hydrogens is 356 g/mol. The lowest BCUT2D eigenvalue weighted by Crippen LogP contribution is -2.37. The number of benzene rings is 1. The standard InChI is InChI=1S/C15H21F2N3O4S/c1-11-10-12(24-14(16)17)4-5-13(11)19-15(21)18-6-9-25(22,23)20-7-2-3-8-20/h4-5,10,14H,2-3,6-9H2,1H3,(H2,18,19,21). The van der Waals surface area contributed by atoms with Gasteiger partial charge in [0, 0.05) is 25.3 Å². The van der Waals surface area contributed by atoms with Crippen LogP contribution in [0, 0.1) is 6.92 Å². The third-order valence-corrected chi connectivity index (χ3v) is 5.65. The van der Waals surface area contributed by atoms with Gasteiger partial charge >= 0.3 is 12.6 Å². The number of aryl methyl sites for hydroxylation is 1. The minimum Gasteiger partial charge on any atom is -0.435 e. The van der Waals surface area contributed by atoms with Crippen LogP contribution in [0.2, 0.25) is 0 Å². The van der Waals surface area contributed by atoms with E-state index < -0.39 is 22.7 Å². The fraction of sp³-hybridized carbons (Fsp3) is 0.533. The number of carbonyl (C=O) groups is 1. The maximum absolute atomic E-state index is 12.2. The molecule has 1 aliphatic rings. The number of rotatable bonds is 7. The van der Waals surface area contributed by atoms with Gasteiger partial charge in [-0.15, -0.1) is 0 Å². The Labute approximate surface area is 145 Å². The lowest BCUT2D eigenvalue weighted by Gasteiger charge is -2.16. The number of halogens is 2. The SMILES string of the molecule is Cc1cc(OC(F)F)ccc1NC(=O)NCCS(=O)(=O)N1CCCC1. The average Bonchev–Trinajstić information content (AvgIpc) is 3.04. The van der Waals surface area contributed by atoms with Crippen molar-refractivity contribution in [1.29, 1.82) is 0 Å². The summed E-state index contributed by atoms with van der Waals surface area (Å²) >= 11 is 0. The van der Waals surface area contributed by atoms with Gasteiger partial charge in [-0.25, -0.2) is 17.5 Å². The van der Waals surface area contributed by atoms with Gasteiger partial charge in [-0.1, -0.05) is 0 Å². The van der Waals surface area contributed by atoms with Crippen LogP contribution in [0.15, 0.2) is 18.2 Å². The highest BCUT2D eigenvalue weighted by Crippen LogP contribution is 2.22. The Balaban J connectivity index is 1.82. The summed E-state index contributed by atoms with van der Waals surface area (Å²) in [5.41, 5.74) is 0.958. The molecule has 140 valence electrons. The fourth-order valence-corrected chi connectivity index (χ4v) is 3.94. The largest absolute Gasteiger partial charge is 0.435 e. The molecule has 0 saturated carbocycles. The van der Waals surface area contributed by atoms with Crippen molar-refractivity contribution in [1.82, 2.24) is 9.62 Å². The first-order chi connectivity index (χ1) is 11.8. The molecule has 1 aromatic rings. The minimum absolute atomic E-state index is 0.00448. The second-order valence-electron chi connectivity index (χ2n) is 5.66. The van der Waals surface area contributed by atoms with Crippen molar-refractivity contribution in [3.8, 4) is 5.75 Å². The molecule has 1 aliphatic heterocycles. The van der Waals surface area contributed by atoms with Crippen LogP contribution < -0.4 is 15.4 Å². The summed E-state index contributed by atoms with van der Waals surface area (Å²) in [4.78, 5) is 11.9. The zero-order chi connectivity index (χ0) is 18.4. The van der Waals surface area contributed by atoms with E-state index in [-0.39, 0.29) is 18.0 Å². The van der Waals surface area contributed by atoms with Crippen molar-refractivity contribution in [2.24, 2.45) is 0 Å².